The van der Waals surface area contributed by atoms with Gasteiger partial charge in [0.2, 0.25) is 0 Å². The zero-order chi connectivity index (χ0) is 14.2. The molecular formula is C11H13F3N4O. The molecule has 0 aliphatic carbocycles. The highest BCUT2D eigenvalue weighted by Gasteiger charge is 2.34. The third-order valence-corrected chi connectivity index (χ3v) is 2.92. The number of aliphatic hydroxyl groups is 1. The monoisotopic (exact) mass is 274 g/mol. The SMILES string of the molecule is N=C(N)c1ccc(C(F)(F)F)nc1N1CCC(O)C1. The molecule has 1 atom stereocenters. The van der Waals surface area contributed by atoms with Crippen molar-refractivity contribution in [1.29, 1.82) is 5.41 Å². The van der Waals surface area contributed by atoms with Crippen molar-refractivity contribution in [3.8, 4) is 0 Å². The molecule has 1 aliphatic heterocycles. The Morgan fingerprint density at radius 3 is 2.63 bits per heavy atom. The Morgan fingerprint density at radius 2 is 2.16 bits per heavy atom. The number of hydrogen-bond acceptors (Lipinski definition) is 4. The van der Waals surface area contributed by atoms with Gasteiger partial charge in [-0.05, 0) is 18.6 Å². The highest BCUT2D eigenvalue weighted by atomic mass is 19.4. The first-order valence-corrected chi connectivity index (χ1v) is 5.64. The lowest BCUT2D eigenvalue weighted by molar-refractivity contribution is -0.141. The van der Waals surface area contributed by atoms with Gasteiger partial charge in [-0.2, -0.15) is 13.2 Å². The number of rotatable bonds is 2. The molecule has 0 aromatic carbocycles. The number of nitrogens with two attached hydrogens (primary N) is 1. The van der Waals surface area contributed by atoms with E-state index >= 15 is 0 Å². The van der Waals surface area contributed by atoms with Crippen LogP contribution in [0.25, 0.3) is 0 Å². The molecule has 0 radical (unpaired) electrons. The van der Waals surface area contributed by atoms with E-state index in [1.165, 1.54) is 4.90 Å². The lowest BCUT2D eigenvalue weighted by Crippen LogP contribution is -2.27. The molecule has 1 saturated heterocycles. The van der Waals surface area contributed by atoms with Gasteiger partial charge in [-0.25, -0.2) is 4.98 Å². The number of nitrogens with one attached hydrogen (secondary N) is 1. The Hall–Kier alpha value is -1.83. The van der Waals surface area contributed by atoms with E-state index in [1.807, 2.05) is 0 Å². The molecular weight excluding hydrogens is 261 g/mol. The average Bonchev–Trinajstić information content (AvgIpc) is 2.73. The van der Waals surface area contributed by atoms with Crippen molar-refractivity contribution in [2.75, 3.05) is 18.0 Å². The van der Waals surface area contributed by atoms with Gasteiger partial charge in [-0.3, -0.25) is 5.41 Å². The van der Waals surface area contributed by atoms with Crippen molar-refractivity contribution in [2.45, 2.75) is 18.7 Å². The number of amidine groups is 1. The number of alkyl halides is 3. The maximum absolute atomic E-state index is 12.6. The second-order valence-corrected chi connectivity index (χ2v) is 4.37. The number of β-amino-alcohol motifs (C(OH)–C–C–N with tert-alkyl or cyclic N) is 1. The van der Waals surface area contributed by atoms with Gasteiger partial charge in [-0.15, -0.1) is 0 Å². The number of nitrogens with zero attached hydrogens (tertiary/aromatic N) is 2. The van der Waals surface area contributed by atoms with E-state index in [4.69, 9.17) is 11.1 Å². The van der Waals surface area contributed by atoms with Crippen LogP contribution in [0, 0.1) is 5.41 Å². The largest absolute Gasteiger partial charge is 0.433 e. The van der Waals surface area contributed by atoms with Crippen molar-refractivity contribution in [2.24, 2.45) is 5.73 Å². The fourth-order valence-electron chi connectivity index (χ4n) is 1.99. The van der Waals surface area contributed by atoms with Crippen LogP contribution in [-0.2, 0) is 6.18 Å². The lowest BCUT2D eigenvalue weighted by Gasteiger charge is -2.21. The predicted octanol–water partition coefficient (Wildman–Crippen LogP) is 0.955. The maximum atomic E-state index is 12.6. The first-order valence-electron chi connectivity index (χ1n) is 5.64. The second-order valence-electron chi connectivity index (χ2n) is 4.37. The topological polar surface area (TPSA) is 86.2 Å². The summed E-state index contributed by atoms with van der Waals surface area (Å²) in [6.07, 6.45) is -4.70. The molecule has 0 bridgehead atoms. The van der Waals surface area contributed by atoms with E-state index in [0.29, 0.717) is 13.0 Å². The lowest BCUT2D eigenvalue weighted by atomic mass is 10.2. The minimum Gasteiger partial charge on any atom is -0.391 e. The highest BCUT2D eigenvalue weighted by Crippen LogP contribution is 2.31. The first-order chi connectivity index (χ1) is 8.79. The van der Waals surface area contributed by atoms with Gasteiger partial charge in [0.1, 0.15) is 17.3 Å². The molecule has 1 aliphatic rings. The molecule has 0 spiro atoms. The minimum absolute atomic E-state index is 0.00104. The van der Waals surface area contributed by atoms with E-state index in [-0.39, 0.29) is 23.8 Å². The van der Waals surface area contributed by atoms with Crippen LogP contribution in [0.3, 0.4) is 0 Å². The standard InChI is InChI=1S/C11H13F3N4O/c12-11(13,14)8-2-1-7(9(15)16)10(17-8)18-4-3-6(19)5-18/h1-2,6,19H,3-5H2,(H3,15,16). The molecule has 4 N–H and O–H groups in total. The quantitative estimate of drug-likeness (QED) is 0.553. The van der Waals surface area contributed by atoms with Crippen molar-refractivity contribution in [3.63, 3.8) is 0 Å². The molecule has 0 amide bonds. The van der Waals surface area contributed by atoms with Crippen molar-refractivity contribution in [1.82, 2.24) is 4.98 Å². The van der Waals surface area contributed by atoms with E-state index in [9.17, 15) is 18.3 Å². The number of anilines is 1. The second kappa shape index (κ2) is 4.69. The summed E-state index contributed by atoms with van der Waals surface area (Å²) in [6.45, 7) is 0.574. The van der Waals surface area contributed by atoms with Gasteiger partial charge in [-0.1, -0.05) is 0 Å². The fraction of sp³-hybridized carbons (Fsp3) is 0.455. The number of pyridine rings is 1. The van der Waals surface area contributed by atoms with Crippen molar-refractivity contribution in [3.05, 3.63) is 23.4 Å². The van der Waals surface area contributed by atoms with E-state index in [2.05, 4.69) is 4.98 Å². The van der Waals surface area contributed by atoms with Gasteiger partial charge in [0.25, 0.3) is 0 Å². The summed E-state index contributed by atoms with van der Waals surface area (Å²) >= 11 is 0. The number of halogens is 3. The summed E-state index contributed by atoms with van der Waals surface area (Å²) in [5, 5.41) is 16.8. The fourth-order valence-corrected chi connectivity index (χ4v) is 1.99. The normalized spacial score (nSPS) is 19.8. The van der Waals surface area contributed by atoms with Gasteiger partial charge < -0.3 is 15.7 Å². The Balaban J connectivity index is 2.45. The maximum Gasteiger partial charge on any atom is 0.433 e. The van der Waals surface area contributed by atoms with Crippen molar-refractivity contribution >= 4 is 11.7 Å². The van der Waals surface area contributed by atoms with Crippen LogP contribution in [0.1, 0.15) is 17.7 Å². The van der Waals surface area contributed by atoms with Gasteiger partial charge in [0.15, 0.2) is 0 Å². The smallest absolute Gasteiger partial charge is 0.391 e. The summed E-state index contributed by atoms with van der Waals surface area (Å²) in [7, 11) is 0. The Kier molecular flexibility index (Phi) is 3.36. The van der Waals surface area contributed by atoms with Crippen LogP contribution in [0.2, 0.25) is 0 Å². The summed E-state index contributed by atoms with van der Waals surface area (Å²) < 4.78 is 37.9. The molecule has 0 saturated carbocycles. The minimum atomic E-state index is -4.55. The highest BCUT2D eigenvalue weighted by molar-refractivity contribution is 5.99. The van der Waals surface area contributed by atoms with Crippen LogP contribution in [0.4, 0.5) is 19.0 Å². The van der Waals surface area contributed by atoms with Gasteiger partial charge in [0.05, 0.1) is 11.7 Å². The average molecular weight is 274 g/mol. The van der Waals surface area contributed by atoms with Crippen LogP contribution in [0.5, 0.6) is 0 Å². The third-order valence-electron chi connectivity index (χ3n) is 2.92. The number of aliphatic hydroxyl groups excluding tert-OH is 1. The molecule has 2 heterocycles. The Labute approximate surface area is 107 Å². The first kappa shape index (κ1) is 13.6. The molecule has 1 unspecified atom stereocenters. The van der Waals surface area contributed by atoms with E-state index in [1.54, 1.807) is 0 Å². The summed E-state index contributed by atoms with van der Waals surface area (Å²) in [5.74, 6) is -0.350. The summed E-state index contributed by atoms with van der Waals surface area (Å²) in [6, 6.07) is 1.94. The molecule has 1 aromatic rings. The van der Waals surface area contributed by atoms with E-state index < -0.39 is 18.0 Å². The van der Waals surface area contributed by atoms with Gasteiger partial charge in [0, 0.05) is 13.1 Å². The number of aromatic nitrogens is 1. The van der Waals surface area contributed by atoms with Crippen LogP contribution >= 0.6 is 0 Å². The van der Waals surface area contributed by atoms with Crippen LogP contribution in [-0.4, -0.2) is 35.1 Å². The van der Waals surface area contributed by atoms with Crippen molar-refractivity contribution < 1.29 is 18.3 Å². The zero-order valence-corrected chi connectivity index (χ0v) is 9.91. The van der Waals surface area contributed by atoms with Gasteiger partial charge >= 0.3 is 6.18 Å². The number of nitrogen functional groups attached to an aromatic ring is 1. The van der Waals surface area contributed by atoms with E-state index in [0.717, 1.165) is 12.1 Å². The molecule has 8 heteroatoms. The summed E-state index contributed by atoms with van der Waals surface area (Å²) in [4.78, 5) is 5.06. The molecule has 5 nitrogen and oxygen atoms in total. The molecule has 2 rings (SSSR count). The molecule has 1 fully saturated rings. The zero-order valence-electron chi connectivity index (χ0n) is 9.91. The summed E-state index contributed by atoms with van der Waals surface area (Å²) in [5.41, 5.74) is 4.46. The molecule has 19 heavy (non-hydrogen) atoms. The molecule has 1 aromatic heterocycles. The number of hydrogen-bond donors (Lipinski definition) is 3. The Bertz CT molecular complexity index is 503. The molecule has 104 valence electrons. The predicted molar refractivity (Wildman–Crippen MR) is 63.1 cm³/mol. The van der Waals surface area contributed by atoms with Crippen LogP contribution < -0.4 is 10.6 Å². The third kappa shape index (κ3) is 2.78. The Morgan fingerprint density at radius 1 is 1.47 bits per heavy atom. The van der Waals surface area contributed by atoms with Crippen LogP contribution in [0.15, 0.2) is 12.1 Å².